The second-order valence-electron chi connectivity index (χ2n) is 2.90. The molecule has 1 rings (SSSR count). The third-order valence-electron chi connectivity index (χ3n) is 1.62. The lowest BCUT2D eigenvalue weighted by Gasteiger charge is -1.94. The van der Waals surface area contributed by atoms with Gasteiger partial charge >= 0.3 is 11.9 Å². The second-order valence-corrected chi connectivity index (χ2v) is 2.90. The molecule has 3 N–H and O–H groups in total. The minimum atomic E-state index is -1.08. The fourth-order valence-corrected chi connectivity index (χ4v) is 0.819. The molecule has 0 spiro atoms. The van der Waals surface area contributed by atoms with E-state index in [0.717, 1.165) is 5.69 Å². The van der Waals surface area contributed by atoms with Crippen molar-refractivity contribution in [3.8, 4) is 0 Å². The number of hydrogen-bond donors (Lipinski definition) is 3. The van der Waals surface area contributed by atoms with Gasteiger partial charge in [-0.1, -0.05) is 18.2 Å². The first-order valence-electron chi connectivity index (χ1n) is 4.72. The van der Waals surface area contributed by atoms with Crippen LogP contribution in [0.5, 0.6) is 0 Å². The summed E-state index contributed by atoms with van der Waals surface area (Å²) in [6.07, 6.45) is -0.593. The molecular weight excluding hydrogens is 210 g/mol. The summed E-state index contributed by atoms with van der Waals surface area (Å²) in [5.74, 6) is -2.15. The van der Waals surface area contributed by atoms with E-state index in [2.05, 4.69) is 5.32 Å². The number of benzene rings is 1. The maximum atomic E-state index is 9.64. The first-order valence-corrected chi connectivity index (χ1v) is 4.72. The van der Waals surface area contributed by atoms with E-state index in [-0.39, 0.29) is 12.8 Å². The van der Waals surface area contributed by atoms with Crippen LogP contribution >= 0.6 is 0 Å². The van der Waals surface area contributed by atoms with Crippen molar-refractivity contribution >= 4 is 17.6 Å². The zero-order chi connectivity index (χ0) is 12.4. The monoisotopic (exact) mass is 225 g/mol. The highest BCUT2D eigenvalue weighted by molar-refractivity contribution is 5.75. The first kappa shape index (κ1) is 14.0. The number of nitrogens with one attached hydrogen (secondary N) is 1. The van der Waals surface area contributed by atoms with Gasteiger partial charge in [-0.15, -0.1) is 0 Å². The molecule has 0 saturated heterocycles. The number of aliphatic carboxylic acids is 2. The van der Waals surface area contributed by atoms with Gasteiger partial charge in [0.05, 0.1) is 12.8 Å². The molecule has 0 heterocycles. The summed E-state index contributed by atoms with van der Waals surface area (Å²) in [6.45, 7) is 0. The van der Waals surface area contributed by atoms with Crippen molar-refractivity contribution < 1.29 is 19.8 Å². The lowest BCUT2D eigenvalue weighted by atomic mass is 10.3. The molecule has 0 aliphatic heterocycles. The predicted molar refractivity (Wildman–Crippen MR) is 60.5 cm³/mol. The van der Waals surface area contributed by atoms with Crippen LogP contribution in [0.1, 0.15) is 12.8 Å². The summed E-state index contributed by atoms with van der Waals surface area (Å²) in [7, 11) is 1.91. The van der Waals surface area contributed by atoms with Crippen molar-refractivity contribution in [2.24, 2.45) is 0 Å². The zero-order valence-corrected chi connectivity index (χ0v) is 9.01. The summed E-state index contributed by atoms with van der Waals surface area (Å²) in [5, 5.41) is 18.8. The third kappa shape index (κ3) is 8.55. The molecule has 0 atom stereocenters. The van der Waals surface area contributed by atoms with Crippen LogP contribution < -0.4 is 5.32 Å². The van der Waals surface area contributed by atoms with E-state index in [9.17, 15) is 9.59 Å². The molecule has 0 bridgehead atoms. The average Bonchev–Trinajstić information content (AvgIpc) is 2.28. The highest BCUT2D eigenvalue weighted by atomic mass is 16.4. The molecule has 0 aliphatic carbocycles. The minimum Gasteiger partial charge on any atom is -0.481 e. The van der Waals surface area contributed by atoms with Crippen LogP contribution in [0.2, 0.25) is 0 Å². The molecule has 0 amide bonds. The van der Waals surface area contributed by atoms with E-state index in [4.69, 9.17) is 10.2 Å². The van der Waals surface area contributed by atoms with Crippen LogP contribution in [0.4, 0.5) is 5.69 Å². The SMILES string of the molecule is CNc1ccccc1.O=C(O)CCC(=O)O. The Hall–Kier alpha value is -2.04. The fourth-order valence-electron chi connectivity index (χ4n) is 0.819. The molecule has 1 aromatic rings. The Labute approximate surface area is 93.7 Å². The average molecular weight is 225 g/mol. The number of carbonyl (C=O) groups is 2. The number of carboxylic acid groups (broad SMARTS) is 2. The highest BCUT2D eigenvalue weighted by Gasteiger charge is 2.00. The molecule has 0 aliphatic rings. The Morgan fingerprint density at radius 2 is 1.50 bits per heavy atom. The van der Waals surface area contributed by atoms with Crippen molar-refractivity contribution in [1.82, 2.24) is 0 Å². The van der Waals surface area contributed by atoms with Gasteiger partial charge in [-0.3, -0.25) is 9.59 Å². The number of hydrogen-bond acceptors (Lipinski definition) is 3. The normalized spacial score (nSPS) is 8.56. The molecule has 88 valence electrons. The predicted octanol–water partition coefficient (Wildman–Crippen LogP) is 1.66. The van der Waals surface area contributed by atoms with Crippen LogP contribution in [-0.2, 0) is 9.59 Å². The largest absolute Gasteiger partial charge is 0.481 e. The standard InChI is InChI=1S/C7H9N.C4H6O4/c1-8-7-5-3-2-4-6-7;5-3(6)1-2-4(7)8/h2-6,8H,1H3;1-2H2,(H,5,6)(H,7,8). The summed E-state index contributed by atoms with van der Waals surface area (Å²) in [4.78, 5) is 19.3. The van der Waals surface area contributed by atoms with E-state index in [1.165, 1.54) is 0 Å². The number of para-hydroxylation sites is 1. The minimum absolute atomic E-state index is 0.296. The van der Waals surface area contributed by atoms with E-state index in [0.29, 0.717) is 0 Å². The first-order chi connectivity index (χ1) is 7.56. The van der Waals surface area contributed by atoms with Crippen molar-refractivity contribution in [2.45, 2.75) is 12.8 Å². The zero-order valence-electron chi connectivity index (χ0n) is 9.01. The highest BCUT2D eigenvalue weighted by Crippen LogP contribution is 2.01. The lowest BCUT2D eigenvalue weighted by molar-refractivity contribution is -0.143. The fraction of sp³-hybridized carbons (Fsp3) is 0.273. The van der Waals surface area contributed by atoms with Gasteiger partial charge in [0.2, 0.25) is 0 Å². The van der Waals surface area contributed by atoms with Crippen molar-refractivity contribution in [3.63, 3.8) is 0 Å². The lowest BCUT2D eigenvalue weighted by Crippen LogP contribution is -2.00. The van der Waals surface area contributed by atoms with Gasteiger partial charge in [-0.2, -0.15) is 0 Å². The van der Waals surface area contributed by atoms with Crippen LogP contribution in [-0.4, -0.2) is 29.2 Å². The summed E-state index contributed by atoms with van der Waals surface area (Å²) in [6, 6.07) is 10.1. The quantitative estimate of drug-likeness (QED) is 0.725. The molecule has 0 radical (unpaired) electrons. The van der Waals surface area contributed by atoms with E-state index >= 15 is 0 Å². The van der Waals surface area contributed by atoms with E-state index in [1.54, 1.807) is 0 Å². The van der Waals surface area contributed by atoms with Gasteiger partial charge in [0.25, 0.3) is 0 Å². The van der Waals surface area contributed by atoms with Crippen LogP contribution in [0.25, 0.3) is 0 Å². The van der Waals surface area contributed by atoms with Gasteiger partial charge in [-0.05, 0) is 12.1 Å². The molecule has 0 unspecified atom stereocenters. The molecule has 16 heavy (non-hydrogen) atoms. The molecule has 1 aromatic carbocycles. The van der Waals surface area contributed by atoms with Crippen molar-refractivity contribution in [2.75, 3.05) is 12.4 Å². The van der Waals surface area contributed by atoms with Gasteiger partial charge in [-0.25, -0.2) is 0 Å². The number of anilines is 1. The number of rotatable bonds is 4. The van der Waals surface area contributed by atoms with E-state index < -0.39 is 11.9 Å². The Balaban J connectivity index is 0.000000281. The summed E-state index contributed by atoms with van der Waals surface area (Å²) in [5.41, 5.74) is 1.16. The van der Waals surface area contributed by atoms with Crippen molar-refractivity contribution in [1.29, 1.82) is 0 Å². The van der Waals surface area contributed by atoms with Crippen LogP contribution in [0.3, 0.4) is 0 Å². The van der Waals surface area contributed by atoms with Gasteiger partial charge in [0, 0.05) is 12.7 Å². The third-order valence-corrected chi connectivity index (χ3v) is 1.62. The molecule has 0 fully saturated rings. The maximum absolute atomic E-state index is 9.64. The van der Waals surface area contributed by atoms with Crippen LogP contribution in [0, 0.1) is 0 Å². The Morgan fingerprint density at radius 3 is 1.75 bits per heavy atom. The molecule has 5 nitrogen and oxygen atoms in total. The van der Waals surface area contributed by atoms with Gasteiger partial charge in [0.15, 0.2) is 0 Å². The molecular formula is C11H15NO4. The Bertz CT molecular complexity index is 310. The van der Waals surface area contributed by atoms with Crippen molar-refractivity contribution in [3.05, 3.63) is 30.3 Å². The smallest absolute Gasteiger partial charge is 0.303 e. The van der Waals surface area contributed by atoms with Gasteiger partial charge < -0.3 is 15.5 Å². The molecule has 0 aromatic heterocycles. The molecule has 0 saturated carbocycles. The Kier molecular flexibility index (Phi) is 7.23. The Morgan fingerprint density at radius 1 is 1.06 bits per heavy atom. The summed E-state index contributed by atoms with van der Waals surface area (Å²) >= 11 is 0. The van der Waals surface area contributed by atoms with E-state index in [1.807, 2.05) is 37.4 Å². The number of carboxylic acids is 2. The van der Waals surface area contributed by atoms with Gasteiger partial charge in [0.1, 0.15) is 0 Å². The maximum Gasteiger partial charge on any atom is 0.303 e. The molecule has 5 heteroatoms. The second kappa shape index (κ2) is 8.28. The topological polar surface area (TPSA) is 86.6 Å². The van der Waals surface area contributed by atoms with Crippen LogP contribution in [0.15, 0.2) is 30.3 Å². The summed E-state index contributed by atoms with van der Waals surface area (Å²) < 4.78 is 0.